The third kappa shape index (κ3) is 16.9. The quantitative estimate of drug-likeness (QED) is 0.0222. The van der Waals surface area contributed by atoms with Crippen molar-refractivity contribution >= 4 is 37.9 Å². The highest BCUT2D eigenvalue weighted by Crippen LogP contribution is 2.42. The van der Waals surface area contributed by atoms with Gasteiger partial charge in [-0.3, -0.25) is 4.18 Å². The monoisotopic (exact) mass is 1060 g/mol. The molecule has 0 aliphatic heterocycles. The summed E-state index contributed by atoms with van der Waals surface area (Å²) in [6, 6.07) is 46.3. The van der Waals surface area contributed by atoms with Crippen molar-refractivity contribution < 1.29 is 55.2 Å². The van der Waals surface area contributed by atoms with E-state index in [9.17, 15) is 8.42 Å². The maximum Gasteiger partial charge on any atom is 0.297 e. The molecule has 0 aliphatic carbocycles. The van der Waals surface area contributed by atoms with Crippen molar-refractivity contribution in [2.24, 2.45) is 0 Å². The molecule has 0 bridgehead atoms. The van der Waals surface area contributed by atoms with Crippen LogP contribution in [0.2, 0.25) is 0 Å². The number of hydrogen-bond acceptors (Lipinski definition) is 15. The third-order valence-corrected chi connectivity index (χ3v) is 13.6. The first-order valence-electron chi connectivity index (χ1n) is 26.1. The highest BCUT2D eigenvalue weighted by atomic mass is 32.2. The molecule has 17 heteroatoms. The van der Waals surface area contributed by atoms with Crippen molar-refractivity contribution in [3.05, 3.63) is 168 Å². The fourth-order valence-corrected chi connectivity index (χ4v) is 9.50. The zero-order valence-electron chi connectivity index (χ0n) is 44.4. The van der Waals surface area contributed by atoms with Crippen molar-refractivity contribution in [3.63, 3.8) is 0 Å². The highest BCUT2D eigenvalue weighted by molar-refractivity contribution is 7.86. The zero-order valence-corrected chi connectivity index (χ0v) is 45.2. The molecule has 5 aromatic carbocycles. The van der Waals surface area contributed by atoms with Gasteiger partial charge in [-0.25, -0.2) is 9.97 Å². The number of benzene rings is 5. The molecule has 0 fully saturated rings. The molecular formula is C59H74N4O12S. The van der Waals surface area contributed by atoms with Gasteiger partial charge in [-0.05, 0) is 62.6 Å². The molecule has 7 rings (SSSR count). The Kier molecular flexibility index (Phi) is 23.1. The van der Waals surface area contributed by atoms with E-state index >= 15 is 0 Å². The molecule has 408 valence electrons. The average Bonchev–Trinajstić information content (AvgIpc) is 3.90. The number of anilines is 1. The summed E-state index contributed by atoms with van der Waals surface area (Å²) >= 11 is 0. The van der Waals surface area contributed by atoms with E-state index in [0.717, 1.165) is 50.0 Å². The number of nitrogens with one attached hydrogen (secondary N) is 1. The number of imidazole rings is 1. The van der Waals surface area contributed by atoms with Gasteiger partial charge in [0.1, 0.15) is 23.5 Å². The molecule has 2 heterocycles. The van der Waals surface area contributed by atoms with Crippen LogP contribution in [-0.4, -0.2) is 141 Å². The van der Waals surface area contributed by atoms with Crippen LogP contribution in [0.3, 0.4) is 0 Å². The van der Waals surface area contributed by atoms with E-state index < -0.39 is 21.3 Å². The molecule has 0 atom stereocenters. The lowest BCUT2D eigenvalue weighted by Gasteiger charge is -2.37. The summed E-state index contributed by atoms with van der Waals surface area (Å²) in [7, 11) is -3.80. The van der Waals surface area contributed by atoms with Gasteiger partial charge in [0.05, 0.1) is 134 Å². The van der Waals surface area contributed by atoms with Crippen LogP contribution in [0, 0.1) is 6.92 Å². The van der Waals surface area contributed by atoms with Crippen LogP contribution < -0.4 is 5.32 Å². The van der Waals surface area contributed by atoms with Crippen LogP contribution in [-0.2, 0) is 75.6 Å². The lowest BCUT2D eigenvalue weighted by Crippen LogP contribution is -2.38. The van der Waals surface area contributed by atoms with E-state index in [1.165, 1.54) is 12.1 Å². The molecule has 76 heavy (non-hydrogen) atoms. The number of para-hydroxylation sites is 1. The van der Waals surface area contributed by atoms with Crippen LogP contribution in [0.15, 0.2) is 144 Å². The van der Waals surface area contributed by atoms with Gasteiger partial charge in [0, 0.05) is 12.0 Å². The summed E-state index contributed by atoms with van der Waals surface area (Å²) in [5.74, 6) is 1.44. The van der Waals surface area contributed by atoms with Crippen molar-refractivity contribution in [2.75, 3.05) is 118 Å². The Morgan fingerprint density at radius 2 is 0.947 bits per heavy atom. The molecular weight excluding hydrogens is 989 g/mol. The minimum atomic E-state index is -3.80. The van der Waals surface area contributed by atoms with Crippen LogP contribution in [0.4, 0.5) is 5.82 Å². The predicted molar refractivity (Wildman–Crippen MR) is 293 cm³/mol. The second kappa shape index (κ2) is 30.3. The van der Waals surface area contributed by atoms with Crippen LogP contribution in [0.5, 0.6) is 0 Å². The first kappa shape index (κ1) is 58.0. The molecule has 0 spiro atoms. The number of rotatable bonds is 37. The number of ether oxygens (including phenoxy) is 9. The van der Waals surface area contributed by atoms with Gasteiger partial charge < -0.3 is 52.5 Å². The lowest BCUT2D eigenvalue weighted by atomic mass is 9.77. The molecule has 0 amide bonds. The van der Waals surface area contributed by atoms with Crippen molar-refractivity contribution in [3.8, 4) is 0 Å². The summed E-state index contributed by atoms with van der Waals surface area (Å²) in [6.07, 6.45) is 0. The van der Waals surface area contributed by atoms with E-state index in [2.05, 4.69) is 109 Å². The first-order chi connectivity index (χ1) is 37.1. The lowest BCUT2D eigenvalue weighted by molar-refractivity contribution is -0.0621. The highest BCUT2D eigenvalue weighted by Gasteiger charge is 2.38. The Labute approximate surface area is 448 Å². The Balaban J connectivity index is 0.794. The summed E-state index contributed by atoms with van der Waals surface area (Å²) in [5.41, 5.74) is 5.30. The normalized spacial score (nSPS) is 12.3. The fourth-order valence-electron chi connectivity index (χ4n) is 8.60. The molecule has 1 N–H and O–H groups in total. The largest absolute Gasteiger partial charge is 0.377 e. The van der Waals surface area contributed by atoms with E-state index in [1.807, 2.05) is 44.2 Å². The molecule has 0 saturated heterocycles. The standard InChI is InChI=1S/C59H74N4O12S/c1-5-66-45-54-61-55-56(52-23-15-16-24-53(52)60-57(55)62-59(48-17-9-6-10-18-48,49-19-11-7-12-20-49)50-21-13-8-14-22-50)63(54)46-58(3,4)74-43-41-72-39-37-70-35-33-68-31-29-67-30-32-69-34-36-71-38-40-73-42-44-75-76(64,65)51-27-25-47(2)26-28-51/h6-28H,5,29-46H2,1-4H3,(H,60,62). The maximum absolute atomic E-state index is 12.2. The minimum absolute atomic E-state index is 0.0701. The number of nitrogens with zero attached hydrogens (tertiary/aromatic N) is 3. The van der Waals surface area contributed by atoms with Gasteiger partial charge in [0.25, 0.3) is 10.1 Å². The number of aromatic nitrogens is 3. The van der Waals surface area contributed by atoms with Crippen LogP contribution in [0.1, 0.15) is 48.8 Å². The van der Waals surface area contributed by atoms with Crippen LogP contribution in [0.25, 0.3) is 21.9 Å². The Morgan fingerprint density at radius 1 is 0.513 bits per heavy atom. The van der Waals surface area contributed by atoms with Gasteiger partial charge in [0.2, 0.25) is 0 Å². The van der Waals surface area contributed by atoms with E-state index in [-0.39, 0.29) is 18.1 Å². The minimum Gasteiger partial charge on any atom is -0.377 e. The molecule has 16 nitrogen and oxygen atoms in total. The molecule has 0 unspecified atom stereocenters. The van der Waals surface area contributed by atoms with Gasteiger partial charge in [0.15, 0.2) is 5.82 Å². The Hall–Kier alpha value is -5.67. The average molecular weight is 1060 g/mol. The zero-order chi connectivity index (χ0) is 53.3. The van der Waals surface area contributed by atoms with E-state index in [4.69, 9.17) is 56.8 Å². The molecule has 7 aromatic rings. The third-order valence-electron chi connectivity index (χ3n) is 12.3. The smallest absolute Gasteiger partial charge is 0.297 e. The van der Waals surface area contributed by atoms with Crippen molar-refractivity contribution in [2.45, 2.75) is 56.9 Å². The number of aryl methyl sites for hydroxylation is 1. The SMILES string of the molecule is CCOCc1nc2c(NC(c3ccccc3)(c3ccccc3)c3ccccc3)nc3ccccc3c2n1CC(C)(C)OCCOCCOCCOCCOCCOCCOCCOCCOS(=O)(=O)c1ccc(C)cc1. The number of fused-ring (bicyclic) bond motifs is 3. The molecule has 2 aromatic heterocycles. The molecule has 0 radical (unpaired) electrons. The summed E-state index contributed by atoms with van der Waals surface area (Å²) in [4.78, 5) is 10.8. The second-order valence-electron chi connectivity index (χ2n) is 18.4. The molecule has 0 aliphatic rings. The second-order valence-corrected chi connectivity index (χ2v) is 20.0. The Morgan fingerprint density at radius 3 is 1.42 bits per heavy atom. The molecule has 0 saturated carbocycles. The number of pyridine rings is 1. The summed E-state index contributed by atoms with van der Waals surface area (Å²) in [6.45, 7) is 15.3. The van der Waals surface area contributed by atoms with Crippen LogP contribution >= 0.6 is 0 Å². The van der Waals surface area contributed by atoms with Crippen molar-refractivity contribution in [1.82, 2.24) is 14.5 Å². The maximum atomic E-state index is 12.2. The Bertz CT molecular complexity index is 2780. The van der Waals surface area contributed by atoms with E-state index in [0.29, 0.717) is 118 Å². The van der Waals surface area contributed by atoms with Gasteiger partial charge in [-0.2, -0.15) is 8.42 Å². The van der Waals surface area contributed by atoms with Gasteiger partial charge in [-0.15, -0.1) is 0 Å². The van der Waals surface area contributed by atoms with Gasteiger partial charge in [-0.1, -0.05) is 127 Å². The number of hydrogen-bond donors (Lipinski definition) is 1. The summed E-state index contributed by atoms with van der Waals surface area (Å²) in [5, 5.41) is 5.00. The topological polar surface area (TPSA) is 169 Å². The fraction of sp³-hybridized carbons (Fsp3) is 0.424. The predicted octanol–water partition coefficient (Wildman–Crippen LogP) is 9.15. The first-order valence-corrected chi connectivity index (χ1v) is 27.5. The van der Waals surface area contributed by atoms with E-state index in [1.54, 1.807) is 12.1 Å². The van der Waals surface area contributed by atoms with Crippen molar-refractivity contribution in [1.29, 1.82) is 0 Å². The van der Waals surface area contributed by atoms with Gasteiger partial charge >= 0.3 is 0 Å². The summed E-state index contributed by atoms with van der Waals surface area (Å²) < 4.78 is 83.4.